The molecule has 0 N–H and O–H groups in total. The molecule has 0 fully saturated rings. The lowest BCUT2D eigenvalue weighted by molar-refractivity contribution is 0.768. The fraction of sp³-hybridized carbons (Fsp3) is 0.250. The first kappa shape index (κ1) is 11.9. The Morgan fingerprint density at radius 3 is 2.58 bits per heavy atom. The largest absolute Gasteiger partial charge is 0.275 e. The minimum absolute atomic E-state index is 0.522. The van der Waals surface area contributed by atoms with Crippen LogP contribution < -0.4 is 0 Å². The topological polar surface area (TPSA) is 30.7 Å². The summed E-state index contributed by atoms with van der Waals surface area (Å²) in [6, 6.07) is 10.7. The summed E-state index contributed by atoms with van der Waals surface area (Å²) in [7, 11) is 1.92. The molecule has 0 atom stereocenters. The van der Waals surface area contributed by atoms with Gasteiger partial charge in [-0.05, 0) is 23.6 Å². The molecule has 0 aliphatic heterocycles. The maximum absolute atomic E-state index is 4.75. The summed E-state index contributed by atoms with van der Waals surface area (Å²) >= 11 is 0. The van der Waals surface area contributed by atoms with Crippen LogP contribution in [0.5, 0.6) is 0 Å². The van der Waals surface area contributed by atoms with Gasteiger partial charge in [0.25, 0.3) is 0 Å². The fourth-order valence-electron chi connectivity index (χ4n) is 2.21. The van der Waals surface area contributed by atoms with E-state index in [0.29, 0.717) is 5.92 Å². The number of hydrogen-bond acceptors (Lipinski definition) is 2. The number of benzene rings is 1. The monoisotopic (exact) mass is 251 g/mol. The van der Waals surface area contributed by atoms with Gasteiger partial charge in [0.05, 0.1) is 17.4 Å². The molecule has 1 aromatic carbocycles. The van der Waals surface area contributed by atoms with E-state index in [1.165, 1.54) is 10.9 Å². The Bertz CT molecular complexity index is 726. The second-order valence-electron chi connectivity index (χ2n) is 5.21. The molecular weight excluding hydrogens is 234 g/mol. The lowest BCUT2D eigenvalue weighted by Gasteiger charge is -2.07. The SMILES string of the molecule is CC(C)c1ccc2ccc(-c3cnn(C)c3)nc2c1. The number of aryl methyl sites for hydroxylation is 1. The molecule has 0 saturated carbocycles. The summed E-state index contributed by atoms with van der Waals surface area (Å²) in [5.41, 5.74) is 4.40. The van der Waals surface area contributed by atoms with E-state index in [9.17, 15) is 0 Å². The van der Waals surface area contributed by atoms with Crippen LogP contribution in [0.2, 0.25) is 0 Å². The molecule has 3 nitrogen and oxygen atoms in total. The third-order valence-corrected chi connectivity index (χ3v) is 3.38. The molecule has 2 aromatic heterocycles. The van der Waals surface area contributed by atoms with Crippen molar-refractivity contribution >= 4 is 10.9 Å². The highest BCUT2D eigenvalue weighted by molar-refractivity contribution is 5.82. The standard InChI is InChI=1S/C16H17N3/c1-11(2)13-5-4-12-6-7-15(18-16(12)8-13)14-9-17-19(3)10-14/h4-11H,1-3H3. The van der Waals surface area contributed by atoms with Crippen LogP contribution in [-0.2, 0) is 7.05 Å². The molecule has 0 amide bonds. The number of pyridine rings is 1. The molecule has 3 heteroatoms. The molecular formula is C16H17N3. The summed E-state index contributed by atoms with van der Waals surface area (Å²) in [5, 5.41) is 5.37. The molecule has 0 spiro atoms. The lowest BCUT2D eigenvalue weighted by Crippen LogP contribution is -1.89. The van der Waals surface area contributed by atoms with Crippen LogP contribution in [-0.4, -0.2) is 14.8 Å². The van der Waals surface area contributed by atoms with Crippen LogP contribution in [0, 0.1) is 0 Å². The van der Waals surface area contributed by atoms with E-state index < -0.39 is 0 Å². The van der Waals surface area contributed by atoms with Crippen LogP contribution in [0.25, 0.3) is 22.2 Å². The van der Waals surface area contributed by atoms with Crippen molar-refractivity contribution in [2.24, 2.45) is 7.05 Å². The Morgan fingerprint density at radius 1 is 1.11 bits per heavy atom. The van der Waals surface area contributed by atoms with Crippen molar-refractivity contribution in [3.8, 4) is 11.3 Å². The zero-order chi connectivity index (χ0) is 13.4. The lowest BCUT2D eigenvalue weighted by atomic mass is 10.0. The third kappa shape index (κ3) is 2.24. The average molecular weight is 251 g/mol. The van der Waals surface area contributed by atoms with E-state index in [2.05, 4.69) is 43.2 Å². The van der Waals surface area contributed by atoms with E-state index in [1.54, 1.807) is 4.68 Å². The highest BCUT2D eigenvalue weighted by Crippen LogP contribution is 2.23. The van der Waals surface area contributed by atoms with Gasteiger partial charge in [-0.2, -0.15) is 5.10 Å². The zero-order valence-corrected chi connectivity index (χ0v) is 11.5. The van der Waals surface area contributed by atoms with Gasteiger partial charge >= 0.3 is 0 Å². The van der Waals surface area contributed by atoms with E-state index >= 15 is 0 Å². The fourth-order valence-corrected chi connectivity index (χ4v) is 2.21. The molecule has 0 bridgehead atoms. The maximum atomic E-state index is 4.75. The van der Waals surface area contributed by atoms with Crippen LogP contribution in [0.1, 0.15) is 25.3 Å². The van der Waals surface area contributed by atoms with E-state index in [1.807, 2.05) is 25.5 Å². The molecule has 2 heterocycles. The van der Waals surface area contributed by atoms with Crippen LogP contribution in [0.3, 0.4) is 0 Å². The maximum Gasteiger partial charge on any atom is 0.0741 e. The predicted molar refractivity (Wildman–Crippen MR) is 78.0 cm³/mol. The van der Waals surface area contributed by atoms with Crippen molar-refractivity contribution in [1.82, 2.24) is 14.8 Å². The van der Waals surface area contributed by atoms with Crippen molar-refractivity contribution < 1.29 is 0 Å². The first-order chi connectivity index (χ1) is 9.13. The Morgan fingerprint density at radius 2 is 1.89 bits per heavy atom. The number of fused-ring (bicyclic) bond motifs is 1. The van der Waals surface area contributed by atoms with Gasteiger partial charge in [0.2, 0.25) is 0 Å². The second kappa shape index (κ2) is 4.50. The number of hydrogen-bond donors (Lipinski definition) is 0. The van der Waals surface area contributed by atoms with Crippen molar-refractivity contribution in [1.29, 1.82) is 0 Å². The van der Waals surface area contributed by atoms with Gasteiger partial charge in [-0.3, -0.25) is 4.68 Å². The van der Waals surface area contributed by atoms with E-state index in [4.69, 9.17) is 4.98 Å². The Kier molecular flexibility index (Phi) is 2.82. The Hall–Kier alpha value is -2.16. The molecule has 3 aromatic rings. The van der Waals surface area contributed by atoms with Crippen molar-refractivity contribution in [2.75, 3.05) is 0 Å². The minimum atomic E-state index is 0.522. The van der Waals surface area contributed by atoms with Crippen molar-refractivity contribution in [3.63, 3.8) is 0 Å². The Balaban J connectivity index is 2.13. The third-order valence-electron chi connectivity index (χ3n) is 3.38. The van der Waals surface area contributed by atoms with Crippen LogP contribution in [0.4, 0.5) is 0 Å². The molecule has 0 radical (unpaired) electrons. The molecule has 0 aliphatic carbocycles. The molecule has 96 valence electrons. The highest BCUT2D eigenvalue weighted by atomic mass is 15.2. The zero-order valence-electron chi connectivity index (χ0n) is 11.5. The minimum Gasteiger partial charge on any atom is -0.275 e. The predicted octanol–water partition coefficient (Wildman–Crippen LogP) is 3.76. The molecule has 3 rings (SSSR count). The summed E-state index contributed by atoms with van der Waals surface area (Å²) < 4.78 is 1.80. The summed E-state index contributed by atoms with van der Waals surface area (Å²) in [6.45, 7) is 4.40. The highest BCUT2D eigenvalue weighted by Gasteiger charge is 2.05. The number of aromatic nitrogens is 3. The van der Waals surface area contributed by atoms with E-state index in [-0.39, 0.29) is 0 Å². The normalized spacial score (nSPS) is 11.4. The summed E-state index contributed by atoms with van der Waals surface area (Å²) in [5.74, 6) is 0.522. The average Bonchev–Trinajstić information content (AvgIpc) is 2.84. The van der Waals surface area contributed by atoms with Gasteiger partial charge in [-0.25, -0.2) is 4.98 Å². The van der Waals surface area contributed by atoms with Gasteiger partial charge in [0.1, 0.15) is 0 Å². The molecule has 0 saturated heterocycles. The summed E-state index contributed by atoms with van der Waals surface area (Å²) in [4.78, 5) is 4.75. The van der Waals surface area contributed by atoms with Crippen molar-refractivity contribution in [3.05, 3.63) is 48.3 Å². The van der Waals surface area contributed by atoms with Gasteiger partial charge < -0.3 is 0 Å². The first-order valence-electron chi connectivity index (χ1n) is 6.53. The number of rotatable bonds is 2. The first-order valence-corrected chi connectivity index (χ1v) is 6.53. The number of nitrogens with zero attached hydrogens (tertiary/aromatic N) is 3. The quantitative estimate of drug-likeness (QED) is 0.694. The van der Waals surface area contributed by atoms with E-state index in [0.717, 1.165) is 16.8 Å². The molecule has 0 aliphatic rings. The summed E-state index contributed by atoms with van der Waals surface area (Å²) in [6.07, 6.45) is 3.83. The Labute approximate surface area is 112 Å². The smallest absolute Gasteiger partial charge is 0.0741 e. The second-order valence-corrected chi connectivity index (χ2v) is 5.21. The van der Waals surface area contributed by atoms with Gasteiger partial charge in [-0.1, -0.05) is 32.0 Å². The van der Waals surface area contributed by atoms with Crippen molar-refractivity contribution in [2.45, 2.75) is 19.8 Å². The molecule has 0 unspecified atom stereocenters. The molecule has 19 heavy (non-hydrogen) atoms. The van der Waals surface area contributed by atoms with Crippen LogP contribution >= 0.6 is 0 Å². The van der Waals surface area contributed by atoms with Crippen LogP contribution in [0.15, 0.2) is 42.7 Å². The van der Waals surface area contributed by atoms with Gasteiger partial charge in [0, 0.05) is 24.2 Å². The van der Waals surface area contributed by atoms with Gasteiger partial charge in [0.15, 0.2) is 0 Å². The van der Waals surface area contributed by atoms with Gasteiger partial charge in [-0.15, -0.1) is 0 Å².